The number of carbonyl (C=O) groups is 1. The highest BCUT2D eigenvalue weighted by atomic mass is 32.2. The molecule has 9 heteroatoms. The molecule has 1 amide bonds. The van der Waals surface area contributed by atoms with Gasteiger partial charge < -0.3 is 15.2 Å². The van der Waals surface area contributed by atoms with E-state index in [-0.39, 0.29) is 22.6 Å². The molecule has 1 saturated carbocycles. The number of aromatic nitrogens is 1. The number of aryl methyl sites for hydroxylation is 2. The van der Waals surface area contributed by atoms with Crippen LogP contribution in [0.25, 0.3) is 0 Å². The van der Waals surface area contributed by atoms with E-state index in [1.165, 1.54) is 0 Å². The smallest absolute Gasteiger partial charge is 0.246 e. The fraction of sp³-hybridized carbons (Fsp3) is 0.750. The van der Waals surface area contributed by atoms with Gasteiger partial charge in [-0.3, -0.25) is 4.79 Å². The normalized spacial score (nSPS) is 18.2. The zero-order chi connectivity index (χ0) is 18.7. The predicted octanol–water partition coefficient (Wildman–Crippen LogP) is 0.997. The van der Waals surface area contributed by atoms with Crippen LogP contribution < -0.4 is 15.4 Å². The second kappa shape index (κ2) is 7.84. The standard InChI is InChI=1S/C16H28N4O4S/c1-5-17-11(2)10-18-15(21)16(8-6-7-9-16)20-25(22,23)14-12(3)19-24-13(14)4/h11,17,20H,5-10H2,1-4H3,(H,18,21)/t11-/m1/s1. The highest BCUT2D eigenvalue weighted by molar-refractivity contribution is 7.89. The van der Waals surface area contributed by atoms with Crippen molar-refractivity contribution in [3.63, 3.8) is 0 Å². The molecule has 0 spiro atoms. The lowest BCUT2D eigenvalue weighted by Crippen LogP contribution is -2.58. The Morgan fingerprint density at radius 1 is 1.32 bits per heavy atom. The van der Waals surface area contributed by atoms with Crippen LogP contribution in [0.15, 0.2) is 9.42 Å². The first-order valence-electron chi connectivity index (χ1n) is 8.70. The van der Waals surface area contributed by atoms with E-state index in [9.17, 15) is 13.2 Å². The number of hydrogen-bond acceptors (Lipinski definition) is 6. The van der Waals surface area contributed by atoms with Gasteiger partial charge in [-0.1, -0.05) is 24.9 Å². The quantitative estimate of drug-likeness (QED) is 0.627. The molecule has 0 saturated heterocycles. The number of sulfonamides is 1. The second-order valence-corrected chi connectivity index (χ2v) is 8.34. The van der Waals surface area contributed by atoms with Gasteiger partial charge in [0.25, 0.3) is 0 Å². The van der Waals surface area contributed by atoms with Crippen molar-refractivity contribution in [1.29, 1.82) is 0 Å². The van der Waals surface area contributed by atoms with Crippen LogP contribution in [0.2, 0.25) is 0 Å². The molecule has 3 N–H and O–H groups in total. The minimum Gasteiger partial charge on any atom is -0.360 e. The first-order valence-corrected chi connectivity index (χ1v) is 10.2. The maximum absolute atomic E-state index is 12.8. The zero-order valence-electron chi connectivity index (χ0n) is 15.3. The topological polar surface area (TPSA) is 113 Å². The Balaban J connectivity index is 2.18. The van der Waals surface area contributed by atoms with Crippen LogP contribution in [0, 0.1) is 13.8 Å². The van der Waals surface area contributed by atoms with Crippen molar-refractivity contribution in [3.8, 4) is 0 Å². The number of likely N-dealkylation sites (N-methyl/N-ethyl adjacent to an activating group) is 1. The summed E-state index contributed by atoms with van der Waals surface area (Å²) >= 11 is 0. The Hall–Kier alpha value is -1.45. The van der Waals surface area contributed by atoms with E-state index in [4.69, 9.17) is 4.52 Å². The van der Waals surface area contributed by atoms with E-state index in [0.29, 0.717) is 25.1 Å². The lowest BCUT2D eigenvalue weighted by atomic mass is 9.98. The van der Waals surface area contributed by atoms with Gasteiger partial charge in [-0.25, -0.2) is 8.42 Å². The van der Waals surface area contributed by atoms with Crippen LogP contribution in [0.1, 0.15) is 51.0 Å². The lowest BCUT2D eigenvalue weighted by Gasteiger charge is -2.29. The van der Waals surface area contributed by atoms with Crippen molar-refractivity contribution < 1.29 is 17.7 Å². The average Bonchev–Trinajstić information content (AvgIpc) is 3.12. The van der Waals surface area contributed by atoms with Crippen LogP contribution in [-0.2, 0) is 14.8 Å². The van der Waals surface area contributed by atoms with E-state index in [2.05, 4.69) is 20.5 Å². The summed E-state index contributed by atoms with van der Waals surface area (Å²) in [5.74, 6) is -0.0515. The first-order chi connectivity index (χ1) is 11.7. The molecule has 1 aromatic heterocycles. The number of nitrogens with zero attached hydrogens (tertiary/aromatic N) is 1. The molecule has 0 bridgehead atoms. The summed E-state index contributed by atoms with van der Waals surface area (Å²) in [5.41, 5.74) is -0.819. The van der Waals surface area contributed by atoms with Crippen molar-refractivity contribution >= 4 is 15.9 Å². The number of hydrogen-bond donors (Lipinski definition) is 3. The van der Waals surface area contributed by atoms with Gasteiger partial charge in [0.2, 0.25) is 15.9 Å². The maximum atomic E-state index is 12.8. The summed E-state index contributed by atoms with van der Waals surface area (Å²) in [4.78, 5) is 12.8. The Bertz CT molecular complexity index is 688. The van der Waals surface area contributed by atoms with Crippen molar-refractivity contribution in [3.05, 3.63) is 11.5 Å². The van der Waals surface area contributed by atoms with Crippen LogP contribution >= 0.6 is 0 Å². The Kier molecular flexibility index (Phi) is 6.23. The molecule has 1 aliphatic rings. The molecule has 1 aliphatic carbocycles. The minimum absolute atomic E-state index is 0.0209. The van der Waals surface area contributed by atoms with E-state index in [1.807, 2.05) is 13.8 Å². The van der Waals surface area contributed by atoms with Gasteiger partial charge in [0.05, 0.1) is 0 Å². The Labute approximate surface area is 149 Å². The molecule has 1 aromatic rings. The largest absolute Gasteiger partial charge is 0.360 e. The van der Waals surface area contributed by atoms with Gasteiger partial charge in [0.15, 0.2) is 5.76 Å². The summed E-state index contributed by atoms with van der Waals surface area (Å²) in [5, 5.41) is 9.80. The van der Waals surface area contributed by atoms with Crippen molar-refractivity contribution in [2.45, 2.75) is 69.9 Å². The van der Waals surface area contributed by atoms with Gasteiger partial charge in [0.1, 0.15) is 16.1 Å². The molecule has 1 heterocycles. The molecular formula is C16H28N4O4S. The van der Waals surface area contributed by atoms with Gasteiger partial charge in [-0.15, -0.1) is 0 Å². The maximum Gasteiger partial charge on any atom is 0.246 e. The summed E-state index contributed by atoms with van der Waals surface area (Å²) in [6, 6.07) is 0.117. The number of rotatable bonds is 8. The summed E-state index contributed by atoms with van der Waals surface area (Å²) in [7, 11) is -3.90. The molecule has 25 heavy (non-hydrogen) atoms. The minimum atomic E-state index is -3.90. The third kappa shape index (κ3) is 4.39. The van der Waals surface area contributed by atoms with Crippen LogP contribution in [0.4, 0.5) is 0 Å². The third-order valence-corrected chi connectivity index (χ3v) is 6.36. The average molecular weight is 372 g/mol. The number of amides is 1. The van der Waals surface area contributed by atoms with E-state index < -0.39 is 15.6 Å². The highest BCUT2D eigenvalue weighted by Gasteiger charge is 2.45. The molecule has 1 atom stereocenters. The Morgan fingerprint density at radius 2 is 1.96 bits per heavy atom. The lowest BCUT2D eigenvalue weighted by molar-refractivity contribution is -0.126. The van der Waals surface area contributed by atoms with Crippen LogP contribution in [-0.4, -0.2) is 44.2 Å². The molecule has 8 nitrogen and oxygen atoms in total. The molecular weight excluding hydrogens is 344 g/mol. The molecule has 0 unspecified atom stereocenters. The van der Waals surface area contributed by atoms with Gasteiger partial charge >= 0.3 is 0 Å². The summed E-state index contributed by atoms with van der Waals surface area (Å²) < 4.78 is 33.3. The summed E-state index contributed by atoms with van der Waals surface area (Å²) in [6.07, 6.45) is 2.58. The number of carbonyl (C=O) groups excluding carboxylic acids is 1. The Morgan fingerprint density at radius 3 is 2.48 bits per heavy atom. The molecule has 142 valence electrons. The van der Waals surface area contributed by atoms with Crippen molar-refractivity contribution in [2.75, 3.05) is 13.1 Å². The summed E-state index contributed by atoms with van der Waals surface area (Å²) in [6.45, 7) is 8.34. The third-order valence-electron chi connectivity index (χ3n) is 4.58. The molecule has 0 aliphatic heterocycles. The van der Waals surface area contributed by atoms with Gasteiger partial charge in [-0.2, -0.15) is 4.72 Å². The number of nitrogens with one attached hydrogen (secondary N) is 3. The van der Waals surface area contributed by atoms with E-state index in [0.717, 1.165) is 19.4 Å². The fourth-order valence-electron chi connectivity index (χ4n) is 3.36. The predicted molar refractivity (Wildman–Crippen MR) is 93.6 cm³/mol. The highest BCUT2D eigenvalue weighted by Crippen LogP contribution is 2.32. The SMILES string of the molecule is CCN[C@H](C)CNC(=O)C1(NS(=O)(=O)c2c(C)noc2C)CCCC1. The van der Waals surface area contributed by atoms with E-state index in [1.54, 1.807) is 13.8 Å². The molecule has 1 fully saturated rings. The monoisotopic (exact) mass is 372 g/mol. The van der Waals surface area contributed by atoms with Crippen LogP contribution in [0.3, 0.4) is 0 Å². The van der Waals surface area contributed by atoms with Gasteiger partial charge in [0, 0.05) is 12.6 Å². The molecule has 0 aromatic carbocycles. The van der Waals surface area contributed by atoms with E-state index >= 15 is 0 Å². The zero-order valence-corrected chi connectivity index (χ0v) is 16.1. The fourth-order valence-corrected chi connectivity index (χ4v) is 5.11. The van der Waals surface area contributed by atoms with Crippen molar-refractivity contribution in [2.24, 2.45) is 0 Å². The van der Waals surface area contributed by atoms with Crippen molar-refractivity contribution in [1.82, 2.24) is 20.5 Å². The van der Waals surface area contributed by atoms with Gasteiger partial charge in [-0.05, 0) is 40.2 Å². The second-order valence-electron chi connectivity index (χ2n) is 6.72. The van der Waals surface area contributed by atoms with Crippen LogP contribution in [0.5, 0.6) is 0 Å². The first kappa shape index (κ1) is 19.9. The molecule has 2 rings (SSSR count). The molecule has 0 radical (unpaired) electrons.